The Morgan fingerprint density at radius 3 is 2.67 bits per heavy atom. The molecule has 1 amide bonds. The van der Waals surface area contributed by atoms with Crippen molar-refractivity contribution in [1.29, 1.82) is 0 Å². The highest BCUT2D eigenvalue weighted by Crippen LogP contribution is 2.20. The van der Waals surface area contributed by atoms with Gasteiger partial charge in [0, 0.05) is 35.2 Å². The first kappa shape index (κ1) is 16.3. The van der Waals surface area contributed by atoms with E-state index in [1.54, 1.807) is 12.5 Å². The van der Waals surface area contributed by atoms with Gasteiger partial charge in [-0.1, -0.05) is 23.7 Å². The van der Waals surface area contributed by atoms with Crippen molar-refractivity contribution in [3.05, 3.63) is 70.5 Å². The molecule has 7 heteroatoms. The molecule has 0 fully saturated rings. The van der Waals surface area contributed by atoms with Gasteiger partial charge in [0.1, 0.15) is 0 Å². The number of rotatable bonds is 5. The fourth-order valence-corrected chi connectivity index (χ4v) is 2.64. The van der Waals surface area contributed by atoms with E-state index in [2.05, 4.69) is 20.5 Å². The van der Waals surface area contributed by atoms with Crippen LogP contribution in [0.15, 0.2) is 43.0 Å². The third kappa shape index (κ3) is 3.33. The molecule has 0 radical (unpaired) electrons. The molecule has 0 aliphatic rings. The SMILES string of the molecule is Cc1[nH]nc(C(=O)NCC(c2ccc(Cl)cc2)n2ccnc2)c1C. The molecule has 3 aromatic rings. The molecule has 124 valence electrons. The lowest BCUT2D eigenvalue weighted by molar-refractivity contribution is 0.0944. The Hall–Kier alpha value is -2.60. The van der Waals surface area contributed by atoms with Crippen molar-refractivity contribution in [3.63, 3.8) is 0 Å². The number of hydrogen-bond donors (Lipinski definition) is 2. The van der Waals surface area contributed by atoms with E-state index >= 15 is 0 Å². The average molecular weight is 344 g/mol. The standard InChI is InChI=1S/C17H18ClN5O/c1-11-12(2)21-22-16(11)17(24)20-9-15(23-8-7-19-10-23)13-3-5-14(18)6-4-13/h3-8,10,15H,9H2,1-2H3,(H,20,24)(H,21,22). The predicted octanol–water partition coefficient (Wildman–Crippen LogP) is 2.90. The molecule has 6 nitrogen and oxygen atoms in total. The molecule has 3 rings (SSSR count). The number of nitrogens with one attached hydrogen (secondary N) is 2. The zero-order valence-corrected chi connectivity index (χ0v) is 14.2. The van der Waals surface area contributed by atoms with E-state index < -0.39 is 0 Å². The summed E-state index contributed by atoms with van der Waals surface area (Å²) in [4.78, 5) is 16.5. The zero-order chi connectivity index (χ0) is 17.1. The molecule has 0 aliphatic carbocycles. The second kappa shape index (κ2) is 6.88. The van der Waals surface area contributed by atoms with E-state index in [0.717, 1.165) is 16.8 Å². The number of hydrogen-bond acceptors (Lipinski definition) is 3. The lowest BCUT2D eigenvalue weighted by Crippen LogP contribution is -2.31. The van der Waals surface area contributed by atoms with Crippen LogP contribution in [0.1, 0.15) is 33.4 Å². The maximum atomic E-state index is 12.4. The molecule has 0 saturated heterocycles. The van der Waals surface area contributed by atoms with Crippen LogP contribution in [0.2, 0.25) is 5.02 Å². The van der Waals surface area contributed by atoms with Crippen molar-refractivity contribution >= 4 is 17.5 Å². The number of nitrogens with zero attached hydrogens (tertiary/aromatic N) is 3. The van der Waals surface area contributed by atoms with E-state index in [-0.39, 0.29) is 11.9 Å². The Labute approximate surface area is 144 Å². The van der Waals surface area contributed by atoms with Crippen LogP contribution in [0, 0.1) is 13.8 Å². The highest BCUT2D eigenvalue weighted by molar-refractivity contribution is 6.30. The lowest BCUT2D eigenvalue weighted by Gasteiger charge is -2.19. The van der Waals surface area contributed by atoms with Gasteiger partial charge in [0.25, 0.3) is 5.91 Å². The predicted molar refractivity (Wildman–Crippen MR) is 92.2 cm³/mol. The van der Waals surface area contributed by atoms with Gasteiger partial charge in [0.2, 0.25) is 0 Å². The minimum Gasteiger partial charge on any atom is -0.348 e. The summed E-state index contributed by atoms with van der Waals surface area (Å²) in [5.74, 6) is -0.198. The Bertz CT molecular complexity index is 823. The quantitative estimate of drug-likeness (QED) is 0.748. The van der Waals surface area contributed by atoms with Gasteiger partial charge in [-0.25, -0.2) is 4.98 Å². The monoisotopic (exact) mass is 343 g/mol. The van der Waals surface area contributed by atoms with E-state index in [1.807, 2.05) is 48.9 Å². The van der Waals surface area contributed by atoms with Gasteiger partial charge in [-0.05, 0) is 31.5 Å². The molecular weight excluding hydrogens is 326 g/mol. The molecule has 2 heterocycles. The fourth-order valence-electron chi connectivity index (χ4n) is 2.51. The fraction of sp³-hybridized carbons (Fsp3) is 0.235. The smallest absolute Gasteiger partial charge is 0.272 e. The molecule has 0 saturated carbocycles. The maximum absolute atomic E-state index is 12.4. The van der Waals surface area contributed by atoms with Gasteiger partial charge in [-0.3, -0.25) is 9.89 Å². The zero-order valence-electron chi connectivity index (χ0n) is 13.5. The first-order valence-corrected chi connectivity index (χ1v) is 7.96. The number of benzene rings is 1. The number of aryl methyl sites for hydroxylation is 1. The van der Waals surface area contributed by atoms with E-state index in [0.29, 0.717) is 17.3 Å². The van der Waals surface area contributed by atoms with E-state index in [9.17, 15) is 4.79 Å². The van der Waals surface area contributed by atoms with Gasteiger partial charge in [0.15, 0.2) is 5.69 Å². The van der Waals surface area contributed by atoms with Crippen molar-refractivity contribution in [2.75, 3.05) is 6.54 Å². The summed E-state index contributed by atoms with van der Waals surface area (Å²) >= 11 is 5.97. The van der Waals surface area contributed by atoms with Crippen molar-refractivity contribution in [1.82, 2.24) is 25.1 Å². The molecule has 0 bridgehead atoms. The summed E-state index contributed by atoms with van der Waals surface area (Å²) in [5, 5.41) is 10.5. The van der Waals surface area contributed by atoms with Gasteiger partial charge in [0.05, 0.1) is 12.4 Å². The summed E-state index contributed by atoms with van der Waals surface area (Å²) < 4.78 is 1.95. The van der Waals surface area contributed by atoms with E-state index in [1.165, 1.54) is 0 Å². The molecule has 1 unspecified atom stereocenters. The molecule has 1 aromatic carbocycles. The average Bonchev–Trinajstić information content (AvgIpc) is 3.21. The first-order valence-electron chi connectivity index (χ1n) is 7.59. The van der Waals surface area contributed by atoms with Crippen LogP contribution >= 0.6 is 11.6 Å². The second-order valence-electron chi connectivity index (χ2n) is 5.61. The summed E-state index contributed by atoms with van der Waals surface area (Å²) in [6.45, 7) is 4.18. The third-order valence-electron chi connectivity index (χ3n) is 4.06. The highest BCUT2D eigenvalue weighted by Gasteiger charge is 2.18. The molecule has 0 aliphatic heterocycles. The van der Waals surface area contributed by atoms with Crippen LogP contribution in [0.25, 0.3) is 0 Å². The van der Waals surface area contributed by atoms with Crippen LogP contribution in [-0.2, 0) is 0 Å². The van der Waals surface area contributed by atoms with Crippen LogP contribution < -0.4 is 5.32 Å². The van der Waals surface area contributed by atoms with Crippen LogP contribution in [-0.4, -0.2) is 32.2 Å². The van der Waals surface area contributed by atoms with Crippen molar-refractivity contribution in [3.8, 4) is 0 Å². The number of amides is 1. The molecule has 0 spiro atoms. The number of carbonyl (C=O) groups excluding carboxylic acids is 1. The first-order chi connectivity index (χ1) is 11.6. The molecule has 1 atom stereocenters. The molecule has 2 aromatic heterocycles. The lowest BCUT2D eigenvalue weighted by atomic mass is 10.1. The molecule has 2 N–H and O–H groups in total. The van der Waals surface area contributed by atoms with Crippen LogP contribution in [0.3, 0.4) is 0 Å². The largest absolute Gasteiger partial charge is 0.348 e. The minimum atomic E-state index is -0.198. The summed E-state index contributed by atoms with van der Waals surface area (Å²) in [6, 6.07) is 7.49. The summed E-state index contributed by atoms with van der Waals surface area (Å²) in [6.07, 6.45) is 5.32. The number of aromatic amines is 1. The topological polar surface area (TPSA) is 75.6 Å². The number of aromatic nitrogens is 4. The number of carbonyl (C=O) groups is 1. The van der Waals surface area contributed by atoms with Crippen LogP contribution in [0.5, 0.6) is 0 Å². The molecule has 24 heavy (non-hydrogen) atoms. The Balaban J connectivity index is 1.79. The van der Waals surface area contributed by atoms with Gasteiger partial charge in [-0.2, -0.15) is 5.10 Å². The number of H-pyrrole nitrogens is 1. The molecular formula is C17H18ClN5O. The normalized spacial score (nSPS) is 12.1. The van der Waals surface area contributed by atoms with E-state index in [4.69, 9.17) is 11.6 Å². The number of halogens is 1. The Morgan fingerprint density at radius 2 is 2.08 bits per heavy atom. The summed E-state index contributed by atoms with van der Waals surface area (Å²) in [5.41, 5.74) is 3.21. The second-order valence-corrected chi connectivity index (χ2v) is 6.05. The van der Waals surface area contributed by atoms with Gasteiger partial charge in [-0.15, -0.1) is 0 Å². The minimum absolute atomic E-state index is 0.0749. The number of imidazole rings is 1. The maximum Gasteiger partial charge on any atom is 0.272 e. The Morgan fingerprint density at radius 1 is 1.33 bits per heavy atom. The van der Waals surface area contributed by atoms with Crippen molar-refractivity contribution < 1.29 is 4.79 Å². The summed E-state index contributed by atoms with van der Waals surface area (Å²) in [7, 11) is 0. The van der Waals surface area contributed by atoms with Gasteiger partial charge < -0.3 is 9.88 Å². The van der Waals surface area contributed by atoms with Crippen LogP contribution in [0.4, 0.5) is 0 Å². The highest BCUT2D eigenvalue weighted by atomic mass is 35.5. The third-order valence-corrected chi connectivity index (χ3v) is 4.32. The van der Waals surface area contributed by atoms with Gasteiger partial charge >= 0.3 is 0 Å². The van der Waals surface area contributed by atoms with Crippen molar-refractivity contribution in [2.24, 2.45) is 0 Å². The van der Waals surface area contributed by atoms with Crippen molar-refractivity contribution in [2.45, 2.75) is 19.9 Å². The Kier molecular flexibility index (Phi) is 4.66.